The van der Waals surface area contributed by atoms with E-state index >= 15 is 0 Å². The first-order valence-electron chi connectivity index (χ1n) is 6.41. The number of carbonyl (C=O) groups excluding carboxylic acids is 1. The molecule has 0 N–H and O–H groups in total. The third-order valence-corrected chi connectivity index (χ3v) is 3.39. The van der Waals surface area contributed by atoms with Gasteiger partial charge in [-0.3, -0.25) is 9.69 Å². The van der Waals surface area contributed by atoms with Gasteiger partial charge in [0.25, 0.3) is 0 Å². The number of hydrogen-bond donors (Lipinski definition) is 0. The molecule has 0 radical (unpaired) electrons. The van der Waals surface area contributed by atoms with E-state index in [2.05, 4.69) is 11.1 Å². The summed E-state index contributed by atoms with van der Waals surface area (Å²) in [5.74, 6) is 1.05. The Labute approximate surface area is 106 Å². The quantitative estimate of drug-likeness (QED) is 0.814. The number of aromatic nitrogens is 1. The van der Waals surface area contributed by atoms with E-state index in [4.69, 9.17) is 5.26 Å². The maximum Gasteiger partial charge on any atom is 0.231 e. The molecular weight excluding hydrogens is 226 g/mol. The van der Waals surface area contributed by atoms with Crippen LogP contribution in [0.25, 0.3) is 0 Å². The van der Waals surface area contributed by atoms with Crippen molar-refractivity contribution in [3.05, 3.63) is 23.4 Å². The van der Waals surface area contributed by atoms with Gasteiger partial charge in [0.05, 0.1) is 11.6 Å². The Morgan fingerprint density at radius 1 is 1.39 bits per heavy atom. The lowest BCUT2D eigenvalue weighted by molar-refractivity contribution is -0.119. The van der Waals surface area contributed by atoms with Gasteiger partial charge in [-0.05, 0) is 44.7 Å². The van der Waals surface area contributed by atoms with E-state index in [0.717, 1.165) is 31.4 Å². The van der Waals surface area contributed by atoms with Crippen LogP contribution in [0, 0.1) is 24.2 Å². The van der Waals surface area contributed by atoms with E-state index in [-0.39, 0.29) is 11.8 Å². The molecule has 4 nitrogen and oxygen atoms in total. The average molecular weight is 241 g/mol. The van der Waals surface area contributed by atoms with Gasteiger partial charge in [0.1, 0.15) is 5.82 Å². The van der Waals surface area contributed by atoms with Crippen molar-refractivity contribution < 1.29 is 4.79 Å². The minimum absolute atomic E-state index is 0.193. The molecule has 0 unspecified atom stereocenters. The van der Waals surface area contributed by atoms with Crippen molar-refractivity contribution >= 4 is 11.7 Å². The van der Waals surface area contributed by atoms with Gasteiger partial charge >= 0.3 is 0 Å². The highest BCUT2D eigenvalue weighted by Gasteiger charge is 2.41. The van der Waals surface area contributed by atoms with Crippen LogP contribution in [0.5, 0.6) is 0 Å². The van der Waals surface area contributed by atoms with Gasteiger partial charge in [-0.15, -0.1) is 0 Å². The fourth-order valence-electron chi connectivity index (χ4n) is 2.18. The Balaban J connectivity index is 1.96. The molecule has 0 bridgehead atoms. The van der Waals surface area contributed by atoms with Crippen LogP contribution >= 0.6 is 0 Å². The summed E-state index contributed by atoms with van der Waals surface area (Å²) in [4.78, 5) is 18.6. The Morgan fingerprint density at radius 3 is 2.67 bits per heavy atom. The molecule has 92 valence electrons. The van der Waals surface area contributed by atoms with Crippen LogP contribution in [0.15, 0.2) is 12.1 Å². The first kappa shape index (κ1) is 11.2. The molecule has 1 heterocycles. The first-order valence-corrected chi connectivity index (χ1v) is 6.41. The summed E-state index contributed by atoms with van der Waals surface area (Å²) in [6.45, 7) is 1.86. The largest absolute Gasteiger partial charge is 0.293 e. The first-order chi connectivity index (χ1) is 8.69. The number of anilines is 1. The van der Waals surface area contributed by atoms with Crippen molar-refractivity contribution in [2.24, 2.45) is 5.92 Å². The highest BCUT2D eigenvalue weighted by Crippen LogP contribution is 2.38. The molecule has 0 atom stereocenters. The summed E-state index contributed by atoms with van der Waals surface area (Å²) in [6, 6.07) is 5.91. The normalized spacial score (nSPS) is 18.2. The lowest BCUT2D eigenvalue weighted by atomic mass is 10.2. The number of carbonyl (C=O) groups is 1. The van der Waals surface area contributed by atoms with Crippen molar-refractivity contribution in [3.63, 3.8) is 0 Å². The molecular formula is C14H15N3O. The predicted octanol–water partition coefficient (Wildman–Crippen LogP) is 2.17. The van der Waals surface area contributed by atoms with Crippen LogP contribution in [-0.4, -0.2) is 16.9 Å². The van der Waals surface area contributed by atoms with Crippen LogP contribution in [0.2, 0.25) is 0 Å². The van der Waals surface area contributed by atoms with Gasteiger partial charge in [0.2, 0.25) is 5.91 Å². The maximum absolute atomic E-state index is 12.3. The van der Waals surface area contributed by atoms with E-state index in [1.54, 1.807) is 12.1 Å². The predicted molar refractivity (Wildman–Crippen MR) is 66.9 cm³/mol. The molecule has 2 aliphatic rings. The number of pyridine rings is 1. The van der Waals surface area contributed by atoms with Gasteiger partial charge in [-0.1, -0.05) is 0 Å². The molecule has 0 saturated heterocycles. The highest BCUT2D eigenvalue weighted by atomic mass is 16.2. The molecule has 0 aliphatic heterocycles. The number of rotatable bonds is 3. The number of nitrogens with zero attached hydrogens (tertiary/aromatic N) is 3. The lowest BCUT2D eigenvalue weighted by Gasteiger charge is -2.22. The summed E-state index contributed by atoms with van der Waals surface area (Å²) in [7, 11) is 0. The van der Waals surface area contributed by atoms with E-state index in [9.17, 15) is 4.79 Å². The molecule has 1 aromatic heterocycles. The smallest absolute Gasteiger partial charge is 0.231 e. The summed E-state index contributed by atoms with van der Waals surface area (Å²) < 4.78 is 0. The molecule has 1 amide bonds. The van der Waals surface area contributed by atoms with Crippen LogP contribution in [0.4, 0.5) is 5.82 Å². The molecule has 2 aliphatic carbocycles. The number of aryl methyl sites for hydroxylation is 1. The van der Waals surface area contributed by atoms with Crippen molar-refractivity contribution in [1.29, 1.82) is 5.26 Å². The topological polar surface area (TPSA) is 57.0 Å². The monoisotopic (exact) mass is 241 g/mol. The van der Waals surface area contributed by atoms with Gasteiger partial charge in [-0.2, -0.15) is 5.26 Å². The second-order valence-electron chi connectivity index (χ2n) is 5.18. The summed E-state index contributed by atoms with van der Waals surface area (Å²) in [5, 5.41) is 9.00. The zero-order valence-electron chi connectivity index (χ0n) is 10.4. The van der Waals surface area contributed by atoms with E-state index in [0.29, 0.717) is 17.4 Å². The van der Waals surface area contributed by atoms with Crippen LogP contribution < -0.4 is 4.90 Å². The molecule has 18 heavy (non-hydrogen) atoms. The molecule has 3 rings (SSSR count). The van der Waals surface area contributed by atoms with Crippen LogP contribution in [-0.2, 0) is 4.79 Å². The standard InChI is InChI=1S/C14H15N3O/c1-9-6-10(8-15)7-13(16-9)17(12-4-5-12)14(18)11-2-3-11/h6-7,11-12H,2-5H2,1H3. The van der Waals surface area contributed by atoms with Gasteiger partial charge in [0.15, 0.2) is 0 Å². The molecule has 2 saturated carbocycles. The SMILES string of the molecule is Cc1cc(C#N)cc(N(C(=O)C2CC2)C2CC2)n1. The van der Waals surface area contributed by atoms with Crippen molar-refractivity contribution in [2.75, 3.05) is 4.90 Å². The van der Waals surface area contributed by atoms with E-state index in [1.807, 2.05) is 11.8 Å². The van der Waals surface area contributed by atoms with E-state index < -0.39 is 0 Å². The fraction of sp³-hybridized carbons (Fsp3) is 0.500. The highest BCUT2D eigenvalue weighted by molar-refractivity contribution is 5.96. The van der Waals surface area contributed by atoms with Crippen LogP contribution in [0.1, 0.15) is 36.9 Å². The molecule has 2 fully saturated rings. The van der Waals surface area contributed by atoms with Crippen molar-refractivity contribution in [2.45, 2.75) is 38.6 Å². The Bertz CT molecular complexity index is 538. The lowest BCUT2D eigenvalue weighted by Crippen LogP contribution is -2.35. The van der Waals surface area contributed by atoms with Gasteiger partial charge in [-0.25, -0.2) is 4.98 Å². The Morgan fingerprint density at radius 2 is 2.11 bits per heavy atom. The number of amides is 1. The van der Waals surface area contributed by atoms with Crippen molar-refractivity contribution in [1.82, 2.24) is 4.98 Å². The summed E-state index contributed by atoms with van der Waals surface area (Å²) >= 11 is 0. The van der Waals surface area contributed by atoms with E-state index in [1.165, 1.54) is 0 Å². The molecule has 1 aromatic rings. The second-order valence-corrected chi connectivity index (χ2v) is 5.18. The third kappa shape index (κ3) is 2.08. The Kier molecular flexibility index (Phi) is 2.55. The molecule has 0 aromatic carbocycles. The third-order valence-electron chi connectivity index (χ3n) is 3.39. The second kappa shape index (κ2) is 4.09. The number of nitriles is 1. The fourth-order valence-corrected chi connectivity index (χ4v) is 2.18. The number of hydrogen-bond acceptors (Lipinski definition) is 3. The molecule has 4 heteroatoms. The summed E-state index contributed by atoms with van der Waals surface area (Å²) in [6.07, 6.45) is 4.10. The summed E-state index contributed by atoms with van der Waals surface area (Å²) in [5.41, 5.74) is 1.37. The zero-order valence-corrected chi connectivity index (χ0v) is 10.4. The maximum atomic E-state index is 12.3. The average Bonchev–Trinajstić information content (AvgIpc) is 3.20. The van der Waals surface area contributed by atoms with Gasteiger partial charge < -0.3 is 0 Å². The van der Waals surface area contributed by atoms with Gasteiger partial charge in [0, 0.05) is 17.7 Å². The zero-order chi connectivity index (χ0) is 12.7. The molecule has 0 spiro atoms. The minimum atomic E-state index is 0.193. The minimum Gasteiger partial charge on any atom is -0.293 e. The van der Waals surface area contributed by atoms with Crippen LogP contribution in [0.3, 0.4) is 0 Å². The van der Waals surface area contributed by atoms with Crippen molar-refractivity contribution in [3.8, 4) is 6.07 Å². The Hall–Kier alpha value is -1.89.